The van der Waals surface area contributed by atoms with E-state index in [4.69, 9.17) is 4.74 Å². The van der Waals surface area contributed by atoms with Gasteiger partial charge in [-0.2, -0.15) is 0 Å². The van der Waals surface area contributed by atoms with Crippen molar-refractivity contribution >= 4 is 17.8 Å². The van der Waals surface area contributed by atoms with Crippen LogP contribution in [-0.4, -0.2) is 35.6 Å². The van der Waals surface area contributed by atoms with Crippen LogP contribution in [0.5, 0.6) is 0 Å². The third kappa shape index (κ3) is 4.41. The summed E-state index contributed by atoms with van der Waals surface area (Å²) in [6.07, 6.45) is 10.6. The third-order valence-corrected chi connectivity index (χ3v) is 14.9. The van der Waals surface area contributed by atoms with Crippen molar-refractivity contribution in [1.82, 2.24) is 5.32 Å². The molecular formula is C36H59NO5. The Morgan fingerprint density at radius 1 is 0.810 bits per heavy atom. The van der Waals surface area contributed by atoms with Crippen LogP contribution in [0, 0.1) is 68.5 Å². The molecule has 0 aliphatic heterocycles. The summed E-state index contributed by atoms with van der Waals surface area (Å²) >= 11 is 0. The van der Waals surface area contributed by atoms with E-state index in [0.29, 0.717) is 35.5 Å². The molecule has 0 saturated heterocycles. The van der Waals surface area contributed by atoms with Crippen LogP contribution in [0.4, 0.5) is 0 Å². The van der Waals surface area contributed by atoms with Gasteiger partial charge in [0, 0.05) is 5.41 Å². The summed E-state index contributed by atoms with van der Waals surface area (Å²) in [5, 5.41) is 12.2. The Labute approximate surface area is 254 Å². The number of esters is 1. The first-order chi connectivity index (χ1) is 19.5. The Kier molecular flexibility index (Phi) is 7.96. The van der Waals surface area contributed by atoms with Gasteiger partial charge in [-0.1, -0.05) is 62.3 Å². The van der Waals surface area contributed by atoms with Crippen LogP contribution in [0.1, 0.15) is 127 Å². The molecular weight excluding hydrogens is 526 g/mol. The molecule has 0 aromatic carbocycles. The van der Waals surface area contributed by atoms with E-state index in [0.717, 1.165) is 51.4 Å². The number of ether oxygens (including phenoxy) is 1. The average Bonchev–Trinajstić information content (AvgIpc) is 3.30. The van der Waals surface area contributed by atoms with Gasteiger partial charge < -0.3 is 15.2 Å². The first kappa shape index (κ1) is 31.8. The Hall–Kier alpha value is -1.59. The van der Waals surface area contributed by atoms with Gasteiger partial charge in [0.15, 0.2) is 0 Å². The van der Waals surface area contributed by atoms with Crippen LogP contribution in [0.15, 0.2) is 0 Å². The summed E-state index contributed by atoms with van der Waals surface area (Å²) in [7, 11) is 0. The number of nitrogens with one attached hydrogen (secondary N) is 1. The molecule has 0 bridgehead atoms. The molecule has 6 heteroatoms. The first-order valence-corrected chi connectivity index (χ1v) is 17.2. The van der Waals surface area contributed by atoms with Crippen LogP contribution < -0.4 is 5.32 Å². The lowest BCUT2D eigenvalue weighted by Gasteiger charge is -2.73. The molecule has 5 rings (SSSR count). The Morgan fingerprint density at radius 3 is 2.12 bits per heavy atom. The van der Waals surface area contributed by atoms with E-state index in [1.54, 1.807) is 0 Å². The van der Waals surface area contributed by atoms with E-state index >= 15 is 0 Å². The lowest BCUT2D eigenvalue weighted by molar-refractivity contribution is -0.250. The first-order valence-electron chi connectivity index (χ1n) is 17.2. The number of amides is 1. The van der Waals surface area contributed by atoms with Gasteiger partial charge in [-0.05, 0) is 116 Å². The van der Waals surface area contributed by atoms with Crippen molar-refractivity contribution in [2.75, 3.05) is 6.54 Å². The van der Waals surface area contributed by atoms with Crippen molar-refractivity contribution in [2.45, 2.75) is 133 Å². The number of hydrogen-bond acceptors (Lipinski definition) is 4. The van der Waals surface area contributed by atoms with E-state index in [9.17, 15) is 19.5 Å². The van der Waals surface area contributed by atoms with E-state index in [-0.39, 0.29) is 52.1 Å². The van der Waals surface area contributed by atoms with Gasteiger partial charge in [0.1, 0.15) is 12.6 Å². The molecule has 0 radical (unpaired) electrons. The zero-order valence-electron chi connectivity index (χ0n) is 28.0. The minimum Gasteiger partial charge on any atom is -0.480 e. The lowest BCUT2D eigenvalue weighted by atomic mass is 9.32. The number of carboxylic acids is 1. The van der Waals surface area contributed by atoms with Crippen LogP contribution in [0.3, 0.4) is 0 Å². The number of aliphatic carboxylic acids is 1. The van der Waals surface area contributed by atoms with Crippen molar-refractivity contribution in [2.24, 2.45) is 68.5 Å². The van der Waals surface area contributed by atoms with Crippen molar-refractivity contribution in [1.29, 1.82) is 0 Å². The number of hydrogen-bond donors (Lipinski definition) is 2. The number of carboxylic acid groups (broad SMARTS) is 1. The molecule has 5 fully saturated rings. The van der Waals surface area contributed by atoms with Crippen LogP contribution >= 0.6 is 0 Å². The molecule has 2 N–H and O–H groups in total. The molecule has 4 unspecified atom stereocenters. The zero-order chi connectivity index (χ0) is 31.0. The standard InChI is InChI=1S/C36H59NO5/c1-21(2)23-12-17-36(31(41)37-20-28(38)39)19-18-34(8)24(29(23)36)10-11-26-33(7)15-14-27(42-30(40)22(3)4)32(5,6)25(33)13-16-35(26,34)9/h21-27,29H,10-20H2,1-9H3,(H,37,41)(H,38,39)/t23-,24?,25?,26?,27+,29?,33-,34+,35+,36-/m0/s1. The highest BCUT2D eigenvalue weighted by atomic mass is 16.5. The maximum atomic E-state index is 13.9. The lowest BCUT2D eigenvalue weighted by Crippen LogP contribution is -2.67. The quantitative estimate of drug-likeness (QED) is 0.315. The van der Waals surface area contributed by atoms with Gasteiger partial charge in [-0.15, -0.1) is 0 Å². The van der Waals surface area contributed by atoms with Crippen LogP contribution in [-0.2, 0) is 19.1 Å². The number of carbonyl (C=O) groups is 3. The molecule has 238 valence electrons. The fourth-order valence-corrected chi connectivity index (χ4v) is 12.6. The number of carbonyl (C=O) groups excluding carboxylic acids is 2. The summed E-state index contributed by atoms with van der Waals surface area (Å²) in [4.78, 5) is 37.9. The van der Waals surface area contributed by atoms with Gasteiger partial charge in [-0.25, -0.2) is 0 Å². The van der Waals surface area contributed by atoms with E-state index in [2.05, 4.69) is 53.8 Å². The predicted molar refractivity (Wildman–Crippen MR) is 164 cm³/mol. The summed E-state index contributed by atoms with van der Waals surface area (Å²) in [5.74, 6) is 1.79. The largest absolute Gasteiger partial charge is 0.480 e. The number of fused-ring (bicyclic) bond motifs is 7. The molecule has 1 amide bonds. The van der Waals surface area contributed by atoms with Gasteiger partial charge >= 0.3 is 11.9 Å². The highest BCUT2D eigenvalue weighted by Crippen LogP contribution is 2.77. The van der Waals surface area contributed by atoms with Gasteiger partial charge in [0.05, 0.1) is 11.3 Å². The second-order valence-electron chi connectivity index (χ2n) is 17.3. The molecule has 5 saturated carbocycles. The van der Waals surface area contributed by atoms with E-state index in [1.807, 2.05) is 13.8 Å². The summed E-state index contributed by atoms with van der Waals surface area (Å²) < 4.78 is 6.17. The van der Waals surface area contributed by atoms with Crippen molar-refractivity contribution in [3.05, 3.63) is 0 Å². The molecule has 42 heavy (non-hydrogen) atoms. The smallest absolute Gasteiger partial charge is 0.322 e. The second-order valence-corrected chi connectivity index (χ2v) is 17.3. The third-order valence-electron chi connectivity index (χ3n) is 14.9. The topological polar surface area (TPSA) is 92.7 Å². The van der Waals surface area contributed by atoms with Crippen molar-refractivity contribution < 1.29 is 24.2 Å². The van der Waals surface area contributed by atoms with Crippen LogP contribution in [0.2, 0.25) is 0 Å². The fourth-order valence-electron chi connectivity index (χ4n) is 12.6. The Morgan fingerprint density at radius 2 is 1.50 bits per heavy atom. The normalized spacial score (nSPS) is 45.8. The van der Waals surface area contributed by atoms with Crippen molar-refractivity contribution in [3.63, 3.8) is 0 Å². The summed E-state index contributed by atoms with van der Waals surface area (Å²) in [6, 6.07) is 0. The molecule has 10 atom stereocenters. The number of rotatable bonds is 6. The predicted octanol–water partition coefficient (Wildman–Crippen LogP) is 7.49. The molecule has 0 aromatic heterocycles. The fraction of sp³-hybridized carbons (Fsp3) is 0.917. The molecule has 5 aliphatic rings. The SMILES string of the molecule is CC(C)C(=O)O[C@@H]1CC[C@@]2(C)C(CC[C@]3(C)C2CCC2C4[C@H](C(C)C)CC[C@]4(C(=O)NCC(=O)O)CC[C@]23C)C1(C)C. The van der Waals surface area contributed by atoms with Gasteiger partial charge in [0.2, 0.25) is 5.91 Å². The van der Waals surface area contributed by atoms with Gasteiger partial charge in [0.25, 0.3) is 0 Å². The molecule has 5 aliphatic carbocycles. The molecule has 0 heterocycles. The minimum atomic E-state index is -0.968. The van der Waals surface area contributed by atoms with Crippen LogP contribution in [0.25, 0.3) is 0 Å². The summed E-state index contributed by atoms with van der Waals surface area (Å²) in [5.41, 5.74) is 0.0416. The van der Waals surface area contributed by atoms with E-state index < -0.39 is 11.4 Å². The zero-order valence-corrected chi connectivity index (χ0v) is 28.0. The highest BCUT2D eigenvalue weighted by Gasteiger charge is 2.72. The van der Waals surface area contributed by atoms with Gasteiger partial charge in [-0.3, -0.25) is 14.4 Å². The molecule has 0 aromatic rings. The second kappa shape index (κ2) is 10.5. The average molecular weight is 586 g/mol. The van der Waals surface area contributed by atoms with E-state index in [1.165, 1.54) is 12.8 Å². The summed E-state index contributed by atoms with van der Waals surface area (Å²) in [6.45, 7) is 20.7. The van der Waals surface area contributed by atoms with Crippen molar-refractivity contribution in [3.8, 4) is 0 Å². The Bertz CT molecular complexity index is 1100. The monoisotopic (exact) mass is 585 g/mol. The maximum absolute atomic E-state index is 13.9. The Balaban J connectivity index is 1.47. The highest BCUT2D eigenvalue weighted by molar-refractivity contribution is 5.86. The minimum absolute atomic E-state index is 0.000867. The molecule has 0 spiro atoms. The molecule has 6 nitrogen and oxygen atoms in total. The maximum Gasteiger partial charge on any atom is 0.322 e.